The molecule has 0 atom stereocenters. The van der Waals surface area contributed by atoms with Gasteiger partial charge in [-0.1, -0.05) is 36.5 Å². The number of nitrogens with two attached hydrogens (primary N) is 1. The van der Waals surface area contributed by atoms with Crippen molar-refractivity contribution in [3.63, 3.8) is 0 Å². The van der Waals surface area contributed by atoms with Crippen LogP contribution in [0.3, 0.4) is 0 Å². The quantitative estimate of drug-likeness (QED) is 0.858. The lowest BCUT2D eigenvalue weighted by Crippen LogP contribution is -2.30. The summed E-state index contributed by atoms with van der Waals surface area (Å²) in [4.78, 5) is 14.5. The number of carbonyl (C=O) groups is 1. The van der Waals surface area contributed by atoms with Crippen LogP contribution in [0.2, 0.25) is 0 Å². The summed E-state index contributed by atoms with van der Waals surface area (Å²) in [5.41, 5.74) is 7.24. The lowest BCUT2D eigenvalue weighted by molar-refractivity contribution is 0.0994. The standard InChI is InChI=1S/C14H12N2OS/c15-12(18)7-8-16-11-6-2-4-9-3-1-5-10(13(9)11)14(16)17/h1-6H,7-8H2,(H2,15,18). The maximum absolute atomic E-state index is 12.3. The Labute approximate surface area is 110 Å². The van der Waals surface area contributed by atoms with E-state index in [-0.39, 0.29) is 5.91 Å². The first-order chi connectivity index (χ1) is 8.68. The fourth-order valence-electron chi connectivity index (χ4n) is 2.42. The zero-order chi connectivity index (χ0) is 12.7. The molecule has 2 aromatic rings. The summed E-state index contributed by atoms with van der Waals surface area (Å²) in [7, 11) is 0. The number of rotatable bonds is 3. The molecule has 0 bridgehead atoms. The smallest absolute Gasteiger partial charge is 0.259 e. The number of amides is 1. The number of thiocarbonyl (C=S) groups is 1. The van der Waals surface area contributed by atoms with Crippen LogP contribution in [0.4, 0.5) is 5.69 Å². The Hall–Kier alpha value is -1.94. The topological polar surface area (TPSA) is 46.3 Å². The fourth-order valence-corrected chi connectivity index (χ4v) is 2.51. The molecule has 2 aromatic carbocycles. The normalized spacial score (nSPS) is 13.3. The van der Waals surface area contributed by atoms with Crippen LogP contribution in [0, 0.1) is 0 Å². The molecule has 0 radical (unpaired) electrons. The second-order valence-corrected chi connectivity index (χ2v) is 4.88. The summed E-state index contributed by atoms with van der Waals surface area (Å²) in [5.74, 6) is 0.0399. The Balaban J connectivity index is 2.10. The highest BCUT2D eigenvalue weighted by molar-refractivity contribution is 7.80. The van der Waals surface area contributed by atoms with E-state index in [2.05, 4.69) is 0 Å². The lowest BCUT2D eigenvalue weighted by Gasteiger charge is -2.16. The summed E-state index contributed by atoms with van der Waals surface area (Å²) >= 11 is 4.88. The zero-order valence-electron chi connectivity index (χ0n) is 9.72. The minimum atomic E-state index is 0.0399. The van der Waals surface area contributed by atoms with Gasteiger partial charge in [0.15, 0.2) is 0 Å². The maximum atomic E-state index is 12.3. The van der Waals surface area contributed by atoms with E-state index >= 15 is 0 Å². The van der Waals surface area contributed by atoms with Crippen LogP contribution in [0.1, 0.15) is 16.8 Å². The van der Waals surface area contributed by atoms with Crippen molar-refractivity contribution >= 4 is 39.6 Å². The average molecular weight is 256 g/mol. The first-order valence-electron chi connectivity index (χ1n) is 5.80. The summed E-state index contributed by atoms with van der Waals surface area (Å²) < 4.78 is 0. The van der Waals surface area contributed by atoms with Gasteiger partial charge in [-0.15, -0.1) is 0 Å². The predicted octanol–water partition coefficient (Wildman–Crippen LogP) is 2.48. The van der Waals surface area contributed by atoms with E-state index in [4.69, 9.17) is 18.0 Å². The second kappa shape index (κ2) is 4.07. The van der Waals surface area contributed by atoms with E-state index in [0.717, 1.165) is 22.0 Å². The van der Waals surface area contributed by atoms with Crippen molar-refractivity contribution in [2.45, 2.75) is 6.42 Å². The molecule has 90 valence electrons. The Morgan fingerprint density at radius 3 is 2.67 bits per heavy atom. The van der Waals surface area contributed by atoms with E-state index in [9.17, 15) is 4.79 Å². The molecule has 3 rings (SSSR count). The Bertz CT molecular complexity index is 661. The van der Waals surface area contributed by atoms with Crippen LogP contribution in [0.15, 0.2) is 36.4 Å². The van der Waals surface area contributed by atoms with Gasteiger partial charge in [0.2, 0.25) is 0 Å². The summed E-state index contributed by atoms with van der Waals surface area (Å²) in [6.45, 7) is 0.544. The van der Waals surface area contributed by atoms with Gasteiger partial charge in [-0.3, -0.25) is 4.79 Å². The van der Waals surface area contributed by atoms with Gasteiger partial charge in [-0.05, 0) is 17.5 Å². The molecule has 0 aliphatic carbocycles. The molecule has 4 heteroatoms. The molecule has 1 aliphatic rings. The maximum Gasteiger partial charge on any atom is 0.259 e. The molecular formula is C14H12N2OS. The van der Waals surface area contributed by atoms with Crippen molar-refractivity contribution < 1.29 is 4.79 Å². The molecule has 0 aromatic heterocycles. The van der Waals surface area contributed by atoms with Crippen molar-refractivity contribution in [3.05, 3.63) is 42.0 Å². The molecule has 3 nitrogen and oxygen atoms in total. The minimum absolute atomic E-state index is 0.0399. The van der Waals surface area contributed by atoms with E-state index in [0.29, 0.717) is 18.0 Å². The number of nitrogens with zero attached hydrogens (tertiary/aromatic N) is 1. The van der Waals surface area contributed by atoms with Gasteiger partial charge >= 0.3 is 0 Å². The highest BCUT2D eigenvalue weighted by Gasteiger charge is 2.28. The summed E-state index contributed by atoms with van der Waals surface area (Å²) in [6.07, 6.45) is 0.547. The van der Waals surface area contributed by atoms with Crippen LogP contribution >= 0.6 is 12.2 Å². The van der Waals surface area contributed by atoms with Crippen molar-refractivity contribution in [1.82, 2.24) is 0 Å². The van der Waals surface area contributed by atoms with Crippen LogP contribution in [0.5, 0.6) is 0 Å². The fraction of sp³-hybridized carbons (Fsp3) is 0.143. The third kappa shape index (κ3) is 1.57. The SMILES string of the molecule is NC(=S)CCN1C(=O)c2cccc3cccc1c23. The first kappa shape index (κ1) is 11.2. The molecule has 1 heterocycles. The number of hydrogen-bond acceptors (Lipinski definition) is 2. The second-order valence-electron chi connectivity index (χ2n) is 4.35. The van der Waals surface area contributed by atoms with Crippen molar-refractivity contribution in [2.75, 3.05) is 11.4 Å². The summed E-state index contributed by atoms with van der Waals surface area (Å²) in [5, 5.41) is 2.13. The van der Waals surface area contributed by atoms with Gasteiger partial charge in [-0.2, -0.15) is 0 Å². The van der Waals surface area contributed by atoms with Crippen LogP contribution in [-0.2, 0) is 0 Å². The third-order valence-electron chi connectivity index (χ3n) is 3.23. The molecule has 0 saturated carbocycles. The first-order valence-corrected chi connectivity index (χ1v) is 6.21. The van der Waals surface area contributed by atoms with Gasteiger partial charge in [0.05, 0.1) is 10.7 Å². The van der Waals surface area contributed by atoms with E-state index in [1.807, 2.05) is 36.4 Å². The summed E-state index contributed by atoms with van der Waals surface area (Å²) in [6, 6.07) is 11.8. The Morgan fingerprint density at radius 2 is 1.94 bits per heavy atom. The van der Waals surface area contributed by atoms with Crippen LogP contribution < -0.4 is 10.6 Å². The molecule has 0 unspecified atom stereocenters. The molecule has 1 aliphatic heterocycles. The van der Waals surface area contributed by atoms with Gasteiger partial charge in [-0.25, -0.2) is 0 Å². The molecule has 0 fully saturated rings. The van der Waals surface area contributed by atoms with Crippen molar-refractivity contribution in [1.29, 1.82) is 0 Å². The molecule has 18 heavy (non-hydrogen) atoms. The van der Waals surface area contributed by atoms with Crippen molar-refractivity contribution in [2.24, 2.45) is 5.73 Å². The molecule has 0 saturated heterocycles. The predicted molar refractivity (Wildman–Crippen MR) is 77.0 cm³/mol. The minimum Gasteiger partial charge on any atom is -0.393 e. The van der Waals surface area contributed by atoms with Crippen LogP contribution in [0.25, 0.3) is 10.8 Å². The number of hydrogen-bond donors (Lipinski definition) is 1. The average Bonchev–Trinajstić information content (AvgIpc) is 2.63. The van der Waals surface area contributed by atoms with Crippen molar-refractivity contribution in [3.8, 4) is 0 Å². The van der Waals surface area contributed by atoms with Gasteiger partial charge in [0.25, 0.3) is 5.91 Å². The van der Waals surface area contributed by atoms with E-state index < -0.39 is 0 Å². The Kier molecular flexibility index (Phi) is 2.52. The van der Waals surface area contributed by atoms with Gasteiger partial charge in [0, 0.05) is 23.9 Å². The highest BCUT2D eigenvalue weighted by Crippen LogP contribution is 2.36. The largest absolute Gasteiger partial charge is 0.393 e. The monoisotopic (exact) mass is 256 g/mol. The molecule has 2 N–H and O–H groups in total. The van der Waals surface area contributed by atoms with Gasteiger partial charge < -0.3 is 10.6 Å². The van der Waals surface area contributed by atoms with E-state index in [1.54, 1.807) is 4.90 Å². The number of carbonyl (C=O) groups excluding carboxylic acids is 1. The zero-order valence-corrected chi connectivity index (χ0v) is 10.5. The van der Waals surface area contributed by atoms with E-state index in [1.165, 1.54) is 0 Å². The molecule has 0 spiro atoms. The van der Waals surface area contributed by atoms with Gasteiger partial charge in [0.1, 0.15) is 0 Å². The highest BCUT2D eigenvalue weighted by atomic mass is 32.1. The third-order valence-corrected chi connectivity index (χ3v) is 3.43. The molecular weight excluding hydrogens is 244 g/mol. The lowest BCUT2D eigenvalue weighted by atomic mass is 10.1. The van der Waals surface area contributed by atoms with Crippen LogP contribution in [-0.4, -0.2) is 17.4 Å². The number of benzene rings is 2. The number of anilines is 1. The Morgan fingerprint density at radius 1 is 1.22 bits per heavy atom. The molecule has 1 amide bonds.